The summed E-state index contributed by atoms with van der Waals surface area (Å²) in [7, 11) is -2.55. The molecule has 2 aliphatic heterocycles. The first-order chi connectivity index (χ1) is 22.2. The minimum atomic E-state index is -2.55. The monoisotopic (exact) mass is 627 g/mol. The molecule has 5 heteroatoms. The molecule has 0 unspecified atom stereocenters. The molecular formula is C40H25NOS2Si. The first-order valence-electron chi connectivity index (χ1n) is 15.3. The molecule has 3 aliphatic rings. The predicted octanol–water partition coefficient (Wildman–Crippen LogP) is 7.93. The smallest absolute Gasteiger partial charge is 0.189 e. The number of carbonyl (C=O) groups is 1. The normalized spacial score (nSPS) is 16.1. The fourth-order valence-electron chi connectivity index (χ4n) is 8.00. The van der Waals surface area contributed by atoms with Crippen molar-refractivity contribution in [2.75, 3.05) is 4.90 Å². The molecule has 0 amide bonds. The van der Waals surface area contributed by atoms with Crippen LogP contribution in [-0.2, 0) is 6.42 Å². The third-order valence-corrected chi connectivity index (χ3v) is 16.6. The number of anilines is 3. The van der Waals surface area contributed by atoms with Gasteiger partial charge in [-0.25, -0.2) is 0 Å². The molecule has 1 spiro atoms. The minimum Gasteiger partial charge on any atom is -0.302 e. The van der Waals surface area contributed by atoms with Gasteiger partial charge in [-0.05, 0) is 96.7 Å². The van der Waals surface area contributed by atoms with Gasteiger partial charge >= 0.3 is 0 Å². The fraction of sp³-hybridized carbons (Fsp3) is 0.0250. The molecule has 7 aromatic rings. The zero-order chi connectivity index (χ0) is 29.7. The summed E-state index contributed by atoms with van der Waals surface area (Å²) in [6.45, 7) is 0. The molecule has 0 atom stereocenters. The highest BCUT2D eigenvalue weighted by atomic mass is 32.1. The highest BCUT2D eigenvalue weighted by Gasteiger charge is 2.53. The van der Waals surface area contributed by atoms with Crippen LogP contribution in [0.3, 0.4) is 0 Å². The van der Waals surface area contributed by atoms with E-state index >= 15 is 0 Å². The number of hydrogen-bond acceptors (Lipinski definition) is 4. The molecular weight excluding hydrogens is 603 g/mol. The number of hydrogen-bond donors (Lipinski definition) is 0. The van der Waals surface area contributed by atoms with Crippen LogP contribution in [0.2, 0.25) is 0 Å². The van der Waals surface area contributed by atoms with E-state index in [4.69, 9.17) is 0 Å². The topological polar surface area (TPSA) is 20.3 Å². The molecule has 0 bridgehead atoms. The lowest BCUT2D eigenvalue weighted by Gasteiger charge is -2.43. The Bertz CT molecular complexity index is 2320. The van der Waals surface area contributed by atoms with E-state index in [0.29, 0.717) is 6.42 Å². The highest BCUT2D eigenvalue weighted by molar-refractivity contribution is 7.24. The van der Waals surface area contributed by atoms with Crippen molar-refractivity contribution in [2.45, 2.75) is 6.42 Å². The lowest BCUT2D eigenvalue weighted by atomic mass is 10.1. The predicted molar refractivity (Wildman–Crippen MR) is 193 cm³/mol. The van der Waals surface area contributed by atoms with Gasteiger partial charge < -0.3 is 4.90 Å². The standard InChI is InChI=1S/C40H25NOS2Si/c42-40-27(22-26-21-25-19-20-43-34(25)24-31(26)40)23-28-17-18-39(44-28)41-32-11-3-7-15-37(32)45(38-16-8-4-12-33(38)41)35-13-5-1-9-29(35)30-10-2-6-14-36(30)45/h1-21,23-24H,22H2/b27-23+. The summed E-state index contributed by atoms with van der Waals surface area (Å²) in [5.74, 6) is 0.162. The molecule has 4 heterocycles. The molecule has 212 valence electrons. The molecule has 5 aromatic carbocycles. The van der Waals surface area contributed by atoms with E-state index in [1.807, 2.05) is 0 Å². The van der Waals surface area contributed by atoms with Gasteiger partial charge in [0.15, 0.2) is 13.9 Å². The molecule has 0 N–H and O–H groups in total. The molecule has 1 aliphatic carbocycles. The second-order valence-electron chi connectivity index (χ2n) is 12.0. The third kappa shape index (κ3) is 3.40. The third-order valence-electron chi connectivity index (χ3n) is 9.80. The van der Waals surface area contributed by atoms with Crippen LogP contribution in [0.15, 0.2) is 138 Å². The van der Waals surface area contributed by atoms with E-state index < -0.39 is 8.07 Å². The van der Waals surface area contributed by atoms with E-state index in [0.717, 1.165) is 26.6 Å². The first kappa shape index (κ1) is 25.5. The van der Waals surface area contributed by atoms with Gasteiger partial charge in [-0.3, -0.25) is 4.79 Å². The van der Waals surface area contributed by atoms with E-state index in [2.05, 4.69) is 144 Å². The van der Waals surface area contributed by atoms with Crippen molar-refractivity contribution in [3.05, 3.63) is 154 Å². The largest absolute Gasteiger partial charge is 0.302 e. The van der Waals surface area contributed by atoms with Crippen LogP contribution in [0.5, 0.6) is 0 Å². The highest BCUT2D eigenvalue weighted by Crippen LogP contribution is 2.44. The number of Topliss-reactive ketones (excluding diaryl/α,β-unsaturated/α-hetero) is 1. The molecule has 0 saturated heterocycles. The Morgan fingerprint density at radius 2 is 1.27 bits per heavy atom. The minimum absolute atomic E-state index is 0.162. The maximum atomic E-state index is 13.5. The number of nitrogens with zero attached hydrogens (tertiary/aromatic N) is 1. The maximum Gasteiger partial charge on any atom is 0.189 e. The number of rotatable bonds is 2. The lowest BCUT2D eigenvalue weighted by molar-refractivity contribution is 0.104. The van der Waals surface area contributed by atoms with Crippen LogP contribution < -0.4 is 25.6 Å². The van der Waals surface area contributed by atoms with Crippen LogP contribution in [0.25, 0.3) is 27.3 Å². The van der Waals surface area contributed by atoms with Gasteiger partial charge in [0.25, 0.3) is 0 Å². The van der Waals surface area contributed by atoms with Crippen molar-refractivity contribution in [3.8, 4) is 11.1 Å². The Kier molecular flexibility index (Phi) is 5.30. The molecule has 45 heavy (non-hydrogen) atoms. The summed E-state index contributed by atoms with van der Waals surface area (Å²) in [6.07, 6.45) is 2.81. The van der Waals surface area contributed by atoms with Crippen molar-refractivity contribution < 1.29 is 4.79 Å². The van der Waals surface area contributed by atoms with Crippen LogP contribution in [0, 0.1) is 0 Å². The second-order valence-corrected chi connectivity index (χ2v) is 17.7. The van der Waals surface area contributed by atoms with Gasteiger partial charge in [-0.15, -0.1) is 22.7 Å². The van der Waals surface area contributed by atoms with Crippen molar-refractivity contribution >= 4 is 89.8 Å². The zero-order valence-electron chi connectivity index (χ0n) is 24.2. The number of allylic oxidation sites excluding steroid dienone is 1. The van der Waals surface area contributed by atoms with Gasteiger partial charge in [0.1, 0.15) is 5.00 Å². The zero-order valence-corrected chi connectivity index (χ0v) is 26.8. The van der Waals surface area contributed by atoms with Crippen molar-refractivity contribution in [2.24, 2.45) is 0 Å². The second kappa shape index (κ2) is 9.35. The van der Waals surface area contributed by atoms with E-state index in [9.17, 15) is 4.79 Å². The van der Waals surface area contributed by atoms with Gasteiger partial charge in [0.2, 0.25) is 0 Å². The number of carbonyl (C=O) groups excluding carboxylic acids is 1. The van der Waals surface area contributed by atoms with Gasteiger partial charge in [-0.1, -0.05) is 84.9 Å². The summed E-state index contributed by atoms with van der Waals surface area (Å²) in [6, 6.07) is 47.0. The van der Waals surface area contributed by atoms with Crippen LogP contribution in [-0.4, -0.2) is 13.9 Å². The van der Waals surface area contributed by atoms with Crippen LogP contribution in [0.4, 0.5) is 16.4 Å². The van der Waals surface area contributed by atoms with Gasteiger partial charge in [0, 0.05) is 38.5 Å². The molecule has 10 rings (SSSR count). The lowest BCUT2D eigenvalue weighted by Crippen LogP contribution is -2.75. The van der Waals surface area contributed by atoms with E-state index in [1.54, 1.807) is 22.7 Å². The number of para-hydroxylation sites is 2. The maximum absolute atomic E-state index is 13.5. The molecule has 0 fully saturated rings. The van der Waals surface area contributed by atoms with Crippen molar-refractivity contribution in [3.63, 3.8) is 0 Å². The van der Waals surface area contributed by atoms with E-state index in [1.165, 1.54) is 53.3 Å². The van der Waals surface area contributed by atoms with Crippen molar-refractivity contribution in [1.82, 2.24) is 0 Å². The molecule has 2 aromatic heterocycles. The summed E-state index contributed by atoms with van der Waals surface area (Å²) in [5, 5.41) is 10.3. The Labute approximate surface area is 270 Å². The molecule has 0 saturated carbocycles. The van der Waals surface area contributed by atoms with Crippen molar-refractivity contribution in [1.29, 1.82) is 0 Å². The number of fused-ring (bicyclic) bond motifs is 11. The fourth-order valence-corrected chi connectivity index (χ4v) is 15.3. The average Bonchev–Trinajstić information content (AvgIpc) is 3.86. The Balaban J connectivity index is 1.13. The number of thiophene rings is 2. The summed E-state index contributed by atoms with van der Waals surface area (Å²) < 4.78 is 1.18. The van der Waals surface area contributed by atoms with Crippen LogP contribution >= 0.6 is 22.7 Å². The SMILES string of the molecule is O=C1/C(=C/c2ccc(N3c4ccccc4[Si]4(c5ccccc5-c5ccccc54)c4ccccc43)s2)Cc2cc3ccsc3cc21. The Hall–Kier alpha value is -4.81. The van der Waals surface area contributed by atoms with Gasteiger partial charge in [-0.2, -0.15) is 0 Å². The summed E-state index contributed by atoms with van der Waals surface area (Å²) in [5.41, 5.74) is 8.11. The Morgan fingerprint density at radius 1 is 0.644 bits per heavy atom. The van der Waals surface area contributed by atoms with Crippen LogP contribution in [0.1, 0.15) is 20.8 Å². The Morgan fingerprint density at radius 3 is 1.96 bits per heavy atom. The average molecular weight is 628 g/mol. The summed E-state index contributed by atoms with van der Waals surface area (Å²) >= 11 is 3.45. The number of ketones is 1. The quantitative estimate of drug-likeness (QED) is 0.143. The number of benzene rings is 5. The molecule has 2 nitrogen and oxygen atoms in total. The van der Waals surface area contributed by atoms with E-state index in [-0.39, 0.29) is 5.78 Å². The molecule has 0 radical (unpaired) electrons. The van der Waals surface area contributed by atoms with Gasteiger partial charge in [0.05, 0.1) is 0 Å². The first-order valence-corrected chi connectivity index (χ1v) is 19.0. The summed E-state index contributed by atoms with van der Waals surface area (Å²) in [4.78, 5) is 17.0.